The molecule has 7 heteroatoms. The molecule has 0 aliphatic carbocycles. The lowest BCUT2D eigenvalue weighted by Gasteiger charge is -2.07. The number of pyridine rings is 1. The van der Waals surface area contributed by atoms with Gasteiger partial charge in [-0.2, -0.15) is 0 Å². The summed E-state index contributed by atoms with van der Waals surface area (Å²) < 4.78 is 39.7. The van der Waals surface area contributed by atoms with Gasteiger partial charge in [0.2, 0.25) is 0 Å². The highest BCUT2D eigenvalue weighted by Gasteiger charge is 2.21. The summed E-state index contributed by atoms with van der Waals surface area (Å²) in [6.45, 7) is 1.88. The SMILES string of the molecule is Bc1cn(S(=O)(=O)c2ccc(C)cc2)c2ncc(F)cc12. The van der Waals surface area contributed by atoms with Crippen molar-refractivity contribution in [3.8, 4) is 0 Å². The summed E-state index contributed by atoms with van der Waals surface area (Å²) in [5.41, 5.74) is 1.87. The summed E-state index contributed by atoms with van der Waals surface area (Å²) in [6.07, 6.45) is 2.48. The Bertz CT molecular complexity index is 934. The average Bonchev–Trinajstić information content (AvgIpc) is 2.77. The predicted octanol–water partition coefficient (Wildman–Crippen LogP) is 0.979. The summed E-state index contributed by atoms with van der Waals surface area (Å²) in [7, 11) is -2.02. The summed E-state index contributed by atoms with van der Waals surface area (Å²) in [4.78, 5) is 4.10. The summed E-state index contributed by atoms with van der Waals surface area (Å²) in [5.74, 6) is -0.490. The van der Waals surface area contributed by atoms with E-state index in [0.717, 1.165) is 15.7 Å². The van der Waals surface area contributed by atoms with E-state index in [2.05, 4.69) is 4.98 Å². The molecule has 0 aliphatic rings. The number of fused-ring (bicyclic) bond motifs is 1. The topological polar surface area (TPSA) is 52.0 Å². The van der Waals surface area contributed by atoms with E-state index in [0.29, 0.717) is 10.8 Å². The molecule has 0 aliphatic heterocycles. The highest BCUT2D eigenvalue weighted by molar-refractivity contribution is 7.90. The van der Waals surface area contributed by atoms with Crippen LogP contribution in [0.15, 0.2) is 47.6 Å². The average molecular weight is 302 g/mol. The Morgan fingerprint density at radius 1 is 1.24 bits per heavy atom. The van der Waals surface area contributed by atoms with E-state index in [9.17, 15) is 12.8 Å². The van der Waals surface area contributed by atoms with Gasteiger partial charge in [0.1, 0.15) is 13.7 Å². The highest BCUT2D eigenvalue weighted by Crippen LogP contribution is 2.20. The van der Waals surface area contributed by atoms with E-state index in [1.54, 1.807) is 32.1 Å². The first kappa shape index (κ1) is 13.8. The maximum absolute atomic E-state index is 13.3. The lowest BCUT2D eigenvalue weighted by Crippen LogP contribution is -2.13. The number of rotatable bonds is 2. The molecule has 0 spiro atoms. The minimum atomic E-state index is -3.74. The third kappa shape index (κ3) is 2.23. The van der Waals surface area contributed by atoms with E-state index in [-0.39, 0.29) is 10.5 Å². The molecule has 0 N–H and O–H groups in total. The summed E-state index contributed by atoms with van der Waals surface area (Å²) in [6, 6.07) is 7.86. The Morgan fingerprint density at radius 3 is 2.57 bits per heavy atom. The van der Waals surface area contributed by atoms with Crippen molar-refractivity contribution in [2.24, 2.45) is 0 Å². The maximum atomic E-state index is 13.3. The zero-order valence-corrected chi connectivity index (χ0v) is 12.4. The largest absolute Gasteiger partial charge is 0.269 e. The van der Waals surface area contributed by atoms with Gasteiger partial charge in [0.25, 0.3) is 10.0 Å². The molecule has 21 heavy (non-hydrogen) atoms. The van der Waals surface area contributed by atoms with Crippen molar-refractivity contribution in [3.63, 3.8) is 0 Å². The standard InChI is InChI=1S/C14H12BFN2O2S/c1-9-2-4-11(5-3-9)21(19,20)18-8-13(15)12-6-10(16)7-17-14(12)18/h2-8H,15H2,1H3. The van der Waals surface area contributed by atoms with Gasteiger partial charge in [0.15, 0.2) is 5.65 Å². The second-order valence-electron chi connectivity index (χ2n) is 4.95. The Hall–Kier alpha value is -2.15. The molecule has 0 amide bonds. The third-order valence-electron chi connectivity index (χ3n) is 3.36. The Balaban J connectivity index is 2.26. The van der Waals surface area contributed by atoms with Crippen molar-refractivity contribution in [1.82, 2.24) is 8.96 Å². The molecule has 106 valence electrons. The van der Waals surface area contributed by atoms with Gasteiger partial charge in [-0.05, 0) is 25.1 Å². The third-order valence-corrected chi connectivity index (χ3v) is 5.02. The Kier molecular flexibility index (Phi) is 3.09. The molecule has 0 atom stereocenters. The number of halogens is 1. The molecule has 0 bridgehead atoms. The molecular formula is C14H12BFN2O2S. The fraction of sp³-hybridized carbons (Fsp3) is 0.0714. The van der Waals surface area contributed by atoms with Crippen LogP contribution in [0.1, 0.15) is 5.56 Å². The second-order valence-corrected chi connectivity index (χ2v) is 6.77. The van der Waals surface area contributed by atoms with Gasteiger partial charge in [-0.25, -0.2) is 21.8 Å². The van der Waals surface area contributed by atoms with Crippen LogP contribution >= 0.6 is 0 Å². The smallest absolute Gasteiger partial charge is 0.234 e. The lowest BCUT2D eigenvalue weighted by molar-refractivity contribution is 0.588. The monoisotopic (exact) mass is 302 g/mol. The van der Waals surface area contributed by atoms with E-state index >= 15 is 0 Å². The van der Waals surface area contributed by atoms with E-state index < -0.39 is 15.8 Å². The maximum Gasteiger partial charge on any atom is 0.269 e. The predicted molar refractivity (Wildman–Crippen MR) is 81.6 cm³/mol. The second kappa shape index (κ2) is 4.70. The van der Waals surface area contributed by atoms with E-state index in [4.69, 9.17) is 0 Å². The van der Waals surface area contributed by atoms with E-state index in [1.165, 1.54) is 12.3 Å². The van der Waals surface area contributed by atoms with Crippen LogP contribution in [-0.4, -0.2) is 25.2 Å². The first-order chi connectivity index (χ1) is 9.89. The molecule has 0 radical (unpaired) electrons. The van der Waals surface area contributed by atoms with Gasteiger partial charge in [-0.1, -0.05) is 23.2 Å². The molecular weight excluding hydrogens is 290 g/mol. The van der Waals surface area contributed by atoms with Crippen LogP contribution in [0.4, 0.5) is 4.39 Å². The number of benzene rings is 1. The van der Waals surface area contributed by atoms with Crippen LogP contribution in [0.2, 0.25) is 0 Å². The Morgan fingerprint density at radius 2 is 1.90 bits per heavy atom. The Labute approximate surface area is 122 Å². The molecule has 3 rings (SSSR count). The van der Waals surface area contributed by atoms with Crippen LogP contribution < -0.4 is 5.46 Å². The number of nitrogens with zero attached hydrogens (tertiary/aromatic N) is 2. The first-order valence-corrected chi connectivity index (χ1v) is 7.79. The van der Waals surface area contributed by atoms with Gasteiger partial charge in [0, 0.05) is 11.6 Å². The molecule has 4 nitrogen and oxygen atoms in total. The quantitative estimate of drug-likeness (QED) is 0.663. The van der Waals surface area contributed by atoms with Crippen LogP contribution in [-0.2, 0) is 10.0 Å². The number of aryl methyl sites for hydroxylation is 1. The summed E-state index contributed by atoms with van der Waals surface area (Å²) >= 11 is 0. The van der Waals surface area contributed by atoms with Crippen molar-refractivity contribution in [2.45, 2.75) is 11.8 Å². The van der Waals surface area contributed by atoms with Crippen molar-refractivity contribution in [1.29, 1.82) is 0 Å². The molecule has 0 fully saturated rings. The molecule has 0 unspecified atom stereocenters. The number of aromatic nitrogens is 2. The first-order valence-electron chi connectivity index (χ1n) is 6.35. The van der Waals surface area contributed by atoms with Gasteiger partial charge in [-0.3, -0.25) is 0 Å². The van der Waals surface area contributed by atoms with Crippen molar-refractivity contribution >= 4 is 34.4 Å². The van der Waals surface area contributed by atoms with Crippen LogP contribution in [0.25, 0.3) is 11.0 Å². The minimum Gasteiger partial charge on any atom is -0.234 e. The molecule has 3 aromatic rings. The zero-order chi connectivity index (χ0) is 15.2. The highest BCUT2D eigenvalue weighted by atomic mass is 32.2. The molecule has 1 aromatic carbocycles. The number of hydrogen-bond donors (Lipinski definition) is 0. The molecule has 0 saturated heterocycles. The fourth-order valence-electron chi connectivity index (χ4n) is 2.21. The van der Waals surface area contributed by atoms with Gasteiger partial charge in [0.05, 0.1) is 11.1 Å². The fourth-order valence-corrected chi connectivity index (χ4v) is 3.59. The van der Waals surface area contributed by atoms with Gasteiger partial charge >= 0.3 is 0 Å². The van der Waals surface area contributed by atoms with Crippen LogP contribution in [0.3, 0.4) is 0 Å². The van der Waals surface area contributed by atoms with Crippen molar-refractivity contribution in [3.05, 3.63) is 54.1 Å². The zero-order valence-electron chi connectivity index (χ0n) is 11.5. The summed E-state index contributed by atoms with van der Waals surface area (Å²) in [5, 5.41) is 0.491. The van der Waals surface area contributed by atoms with Gasteiger partial charge in [-0.15, -0.1) is 0 Å². The normalized spacial score (nSPS) is 11.9. The van der Waals surface area contributed by atoms with Crippen LogP contribution in [0, 0.1) is 12.7 Å². The van der Waals surface area contributed by atoms with E-state index in [1.807, 2.05) is 6.92 Å². The lowest BCUT2D eigenvalue weighted by atomic mass is 9.97. The van der Waals surface area contributed by atoms with Gasteiger partial charge < -0.3 is 0 Å². The molecule has 0 saturated carbocycles. The molecule has 2 heterocycles. The van der Waals surface area contributed by atoms with Crippen LogP contribution in [0.5, 0.6) is 0 Å². The minimum absolute atomic E-state index is 0.177. The number of hydrogen-bond acceptors (Lipinski definition) is 3. The molecule has 2 aromatic heterocycles. The van der Waals surface area contributed by atoms with Crippen molar-refractivity contribution in [2.75, 3.05) is 0 Å². The van der Waals surface area contributed by atoms with Crippen molar-refractivity contribution < 1.29 is 12.8 Å².